The van der Waals surface area contributed by atoms with E-state index in [-0.39, 0.29) is 11.4 Å². The van der Waals surface area contributed by atoms with Gasteiger partial charge < -0.3 is 4.74 Å². The first kappa shape index (κ1) is 14.7. The van der Waals surface area contributed by atoms with Crippen LogP contribution in [-0.2, 0) is 7.05 Å². The van der Waals surface area contributed by atoms with Gasteiger partial charge in [0.15, 0.2) is 6.29 Å². The Labute approximate surface area is 120 Å². The number of alkyl halides is 2. The molecule has 0 saturated carbocycles. The number of carbonyl (C=O) groups is 1. The average Bonchev–Trinajstić information content (AvgIpc) is 2.76. The highest BCUT2D eigenvalue weighted by Crippen LogP contribution is 2.31. The molecule has 1 aromatic carbocycles. The normalized spacial score (nSPS) is 10.1. The van der Waals surface area contributed by atoms with Crippen molar-refractivity contribution < 1.29 is 18.3 Å². The van der Waals surface area contributed by atoms with E-state index in [2.05, 4.69) is 16.9 Å². The second-order valence-corrected chi connectivity index (χ2v) is 4.15. The predicted molar refractivity (Wildman–Crippen MR) is 72.6 cm³/mol. The van der Waals surface area contributed by atoms with Crippen LogP contribution in [-0.4, -0.2) is 16.1 Å². The summed E-state index contributed by atoms with van der Waals surface area (Å²) in [5.74, 6) is 5.97. The van der Waals surface area contributed by atoms with Gasteiger partial charge in [0, 0.05) is 12.6 Å². The Balaban J connectivity index is 2.41. The minimum atomic E-state index is -2.84. The Morgan fingerprint density at radius 1 is 1.43 bits per heavy atom. The van der Waals surface area contributed by atoms with Gasteiger partial charge in [0.2, 0.25) is 5.88 Å². The molecule has 0 saturated heterocycles. The third kappa shape index (κ3) is 3.08. The number of benzene rings is 1. The van der Waals surface area contributed by atoms with E-state index in [1.54, 1.807) is 31.2 Å². The number of carbonyl (C=O) groups excluding carboxylic acids is 1. The molecule has 0 fully saturated rings. The number of halogens is 2. The largest absolute Gasteiger partial charge is 0.438 e. The topological polar surface area (TPSA) is 44.1 Å². The number of hydrogen-bond acceptors (Lipinski definition) is 3. The first-order valence-corrected chi connectivity index (χ1v) is 6.07. The first-order valence-electron chi connectivity index (χ1n) is 6.07. The zero-order chi connectivity index (χ0) is 15.4. The fourth-order valence-corrected chi connectivity index (χ4v) is 1.83. The van der Waals surface area contributed by atoms with Crippen LogP contribution in [0.5, 0.6) is 11.6 Å². The molecule has 1 aromatic heterocycles. The van der Waals surface area contributed by atoms with E-state index in [1.807, 2.05) is 0 Å². The number of nitrogens with zero attached hydrogens (tertiary/aromatic N) is 2. The van der Waals surface area contributed by atoms with E-state index < -0.39 is 12.1 Å². The van der Waals surface area contributed by atoms with Gasteiger partial charge in [-0.05, 0) is 25.1 Å². The summed E-state index contributed by atoms with van der Waals surface area (Å²) in [4.78, 5) is 11.0. The highest BCUT2D eigenvalue weighted by Gasteiger charge is 2.24. The number of rotatable bonds is 4. The molecule has 0 radical (unpaired) electrons. The van der Waals surface area contributed by atoms with Gasteiger partial charge in [-0.1, -0.05) is 12.0 Å². The third-order valence-electron chi connectivity index (χ3n) is 2.70. The minimum Gasteiger partial charge on any atom is -0.438 e. The van der Waals surface area contributed by atoms with Crippen LogP contribution in [0.2, 0.25) is 0 Å². The van der Waals surface area contributed by atoms with Crippen molar-refractivity contribution >= 4 is 6.29 Å². The number of ether oxygens (including phenoxy) is 1. The number of aldehydes is 1. The van der Waals surface area contributed by atoms with Crippen molar-refractivity contribution in [3.63, 3.8) is 0 Å². The van der Waals surface area contributed by atoms with E-state index in [1.165, 1.54) is 7.05 Å². The van der Waals surface area contributed by atoms with Crippen LogP contribution in [0.1, 0.15) is 35.0 Å². The monoisotopic (exact) mass is 290 g/mol. The summed E-state index contributed by atoms with van der Waals surface area (Å²) < 4.78 is 32.2. The summed E-state index contributed by atoms with van der Waals surface area (Å²) in [6, 6.07) is 6.81. The maximum absolute atomic E-state index is 12.8. The molecule has 1 heterocycles. The molecular weight excluding hydrogens is 278 g/mol. The molecule has 0 bridgehead atoms. The van der Waals surface area contributed by atoms with Crippen LogP contribution in [0.3, 0.4) is 0 Å². The fourth-order valence-electron chi connectivity index (χ4n) is 1.83. The standard InChI is InChI=1S/C15H12F2N2O2/c1-3-5-10-6-4-7-11(8-10)21-15-12(9-20)13(14(16)17)18-19(15)2/h4,6-9,14H,1-2H3. The van der Waals surface area contributed by atoms with Crippen molar-refractivity contribution in [2.24, 2.45) is 7.05 Å². The van der Waals surface area contributed by atoms with Crippen LogP contribution in [0, 0.1) is 11.8 Å². The van der Waals surface area contributed by atoms with Crippen molar-refractivity contribution in [3.8, 4) is 23.5 Å². The maximum atomic E-state index is 12.8. The second kappa shape index (κ2) is 6.18. The highest BCUT2D eigenvalue weighted by molar-refractivity contribution is 5.80. The summed E-state index contributed by atoms with van der Waals surface area (Å²) in [5.41, 5.74) is -0.120. The van der Waals surface area contributed by atoms with Gasteiger partial charge in [0.1, 0.15) is 17.0 Å². The SMILES string of the molecule is CC#Cc1cccc(Oc2c(C=O)c(C(F)F)nn2C)c1. The van der Waals surface area contributed by atoms with E-state index in [4.69, 9.17) is 4.74 Å². The molecule has 21 heavy (non-hydrogen) atoms. The smallest absolute Gasteiger partial charge is 0.283 e. The lowest BCUT2D eigenvalue weighted by Crippen LogP contribution is -1.96. The molecular formula is C15H12F2N2O2. The Morgan fingerprint density at radius 2 is 2.19 bits per heavy atom. The van der Waals surface area contributed by atoms with E-state index >= 15 is 0 Å². The average molecular weight is 290 g/mol. The van der Waals surface area contributed by atoms with Gasteiger partial charge in [-0.2, -0.15) is 5.10 Å². The Morgan fingerprint density at radius 3 is 2.81 bits per heavy atom. The second-order valence-electron chi connectivity index (χ2n) is 4.15. The molecule has 108 valence electrons. The summed E-state index contributed by atoms with van der Waals surface area (Å²) >= 11 is 0. The Kier molecular flexibility index (Phi) is 4.33. The molecule has 6 heteroatoms. The summed E-state index contributed by atoms with van der Waals surface area (Å²) in [5, 5.41) is 3.62. The zero-order valence-corrected chi connectivity index (χ0v) is 11.4. The molecule has 2 rings (SSSR count). The maximum Gasteiger partial charge on any atom is 0.283 e. The minimum absolute atomic E-state index is 0.0260. The summed E-state index contributed by atoms with van der Waals surface area (Å²) in [7, 11) is 1.43. The lowest BCUT2D eigenvalue weighted by atomic mass is 10.2. The van der Waals surface area contributed by atoms with Gasteiger partial charge in [0.25, 0.3) is 6.43 Å². The van der Waals surface area contributed by atoms with Crippen molar-refractivity contribution in [3.05, 3.63) is 41.1 Å². The van der Waals surface area contributed by atoms with Crippen molar-refractivity contribution in [2.75, 3.05) is 0 Å². The lowest BCUT2D eigenvalue weighted by molar-refractivity contribution is 0.110. The van der Waals surface area contributed by atoms with Crippen LogP contribution >= 0.6 is 0 Å². The molecule has 0 amide bonds. The van der Waals surface area contributed by atoms with Crippen molar-refractivity contribution in [2.45, 2.75) is 13.3 Å². The van der Waals surface area contributed by atoms with Crippen LogP contribution < -0.4 is 4.74 Å². The molecule has 0 aliphatic carbocycles. The van der Waals surface area contributed by atoms with E-state index in [0.29, 0.717) is 12.0 Å². The predicted octanol–water partition coefficient (Wildman–Crippen LogP) is 3.33. The quantitative estimate of drug-likeness (QED) is 0.641. The third-order valence-corrected chi connectivity index (χ3v) is 2.70. The van der Waals surface area contributed by atoms with E-state index in [9.17, 15) is 13.6 Å². The number of aryl methyl sites for hydroxylation is 1. The summed E-state index contributed by atoms with van der Waals surface area (Å²) in [6.45, 7) is 1.70. The van der Waals surface area contributed by atoms with E-state index in [0.717, 1.165) is 10.2 Å². The molecule has 0 N–H and O–H groups in total. The van der Waals surface area contributed by atoms with Crippen LogP contribution in [0.15, 0.2) is 24.3 Å². The number of hydrogen-bond donors (Lipinski definition) is 0. The van der Waals surface area contributed by atoms with Crippen molar-refractivity contribution in [1.82, 2.24) is 9.78 Å². The fraction of sp³-hybridized carbons (Fsp3) is 0.200. The molecule has 0 atom stereocenters. The molecule has 0 aliphatic heterocycles. The van der Waals surface area contributed by atoms with Gasteiger partial charge in [-0.15, -0.1) is 5.92 Å². The highest BCUT2D eigenvalue weighted by atomic mass is 19.3. The summed E-state index contributed by atoms with van der Waals surface area (Å²) in [6.07, 6.45) is -2.52. The first-order chi connectivity index (χ1) is 10.1. The Bertz CT molecular complexity index is 727. The number of aromatic nitrogens is 2. The molecule has 2 aromatic rings. The van der Waals surface area contributed by atoms with Crippen LogP contribution in [0.4, 0.5) is 8.78 Å². The molecule has 0 aliphatic rings. The zero-order valence-electron chi connectivity index (χ0n) is 11.4. The van der Waals surface area contributed by atoms with Gasteiger partial charge in [-0.3, -0.25) is 4.79 Å². The Hall–Kier alpha value is -2.68. The molecule has 0 spiro atoms. The van der Waals surface area contributed by atoms with Gasteiger partial charge in [0.05, 0.1) is 0 Å². The van der Waals surface area contributed by atoms with Crippen LogP contribution in [0.25, 0.3) is 0 Å². The van der Waals surface area contributed by atoms with Gasteiger partial charge in [-0.25, -0.2) is 13.5 Å². The molecule has 0 unspecified atom stereocenters. The van der Waals surface area contributed by atoms with Crippen molar-refractivity contribution in [1.29, 1.82) is 0 Å². The van der Waals surface area contributed by atoms with Gasteiger partial charge >= 0.3 is 0 Å². The lowest BCUT2D eigenvalue weighted by Gasteiger charge is -2.06. The molecule has 4 nitrogen and oxygen atoms in total.